The topological polar surface area (TPSA) is 53.1 Å². The third-order valence-electron chi connectivity index (χ3n) is 4.91. The van der Waals surface area contributed by atoms with Crippen LogP contribution in [0.5, 0.6) is 0 Å². The van der Waals surface area contributed by atoms with E-state index in [2.05, 4.69) is 25.7 Å². The molecule has 26 heavy (non-hydrogen) atoms. The van der Waals surface area contributed by atoms with Gasteiger partial charge in [-0.15, -0.1) is 0 Å². The van der Waals surface area contributed by atoms with E-state index in [-0.39, 0.29) is 5.41 Å². The molecule has 1 aromatic rings. The Morgan fingerprint density at radius 2 is 1.65 bits per heavy atom. The average Bonchev–Trinajstić information content (AvgIpc) is 2.99. The average molecular weight is 398 g/mol. The molecule has 6 nitrogen and oxygen atoms in total. The summed E-state index contributed by atoms with van der Waals surface area (Å²) in [6.07, 6.45) is 0. The van der Waals surface area contributed by atoms with Gasteiger partial charge in [0, 0.05) is 26.2 Å². The van der Waals surface area contributed by atoms with Gasteiger partial charge in [-0.25, -0.2) is 8.42 Å². The van der Waals surface area contributed by atoms with Crippen LogP contribution in [0.2, 0.25) is 0 Å². The van der Waals surface area contributed by atoms with E-state index in [1.807, 2.05) is 17.0 Å². The second-order valence-corrected chi connectivity index (χ2v) is 10.1. The summed E-state index contributed by atoms with van der Waals surface area (Å²) in [6.45, 7) is 10.9. The predicted molar refractivity (Wildman–Crippen MR) is 106 cm³/mol. The molecule has 0 atom stereocenters. The summed E-state index contributed by atoms with van der Waals surface area (Å²) in [5.41, 5.74) is 1.14. The minimum atomic E-state index is -3.44. The molecule has 0 amide bonds. The van der Waals surface area contributed by atoms with Crippen LogP contribution in [-0.4, -0.2) is 73.7 Å². The molecular formula is C18H27N3O3S2. The second kappa shape index (κ2) is 7.42. The van der Waals surface area contributed by atoms with Gasteiger partial charge in [0.1, 0.15) is 6.61 Å². The van der Waals surface area contributed by atoms with E-state index in [0.29, 0.717) is 49.5 Å². The van der Waals surface area contributed by atoms with Crippen molar-refractivity contribution in [2.24, 2.45) is 0 Å². The number of nitrogens with zero attached hydrogens (tertiary/aromatic N) is 3. The number of benzene rings is 1. The normalized spacial score (nSPS) is 20.4. The molecule has 0 unspecified atom stereocenters. The smallest absolute Gasteiger partial charge is 0.260 e. The van der Waals surface area contributed by atoms with Crippen molar-refractivity contribution in [1.29, 1.82) is 0 Å². The maximum Gasteiger partial charge on any atom is 0.260 e. The van der Waals surface area contributed by atoms with Crippen LogP contribution >= 0.6 is 12.2 Å². The quantitative estimate of drug-likeness (QED) is 0.723. The van der Waals surface area contributed by atoms with E-state index in [9.17, 15) is 8.42 Å². The number of hydrogen-bond acceptors (Lipinski definition) is 5. The number of sulfonamides is 1. The zero-order valence-electron chi connectivity index (χ0n) is 15.6. The molecule has 2 fully saturated rings. The third kappa shape index (κ3) is 4.19. The number of ether oxygens (including phenoxy) is 1. The van der Waals surface area contributed by atoms with Crippen LogP contribution in [0.3, 0.4) is 0 Å². The highest BCUT2D eigenvalue weighted by Gasteiger charge is 2.30. The molecule has 1 aromatic carbocycles. The highest BCUT2D eigenvalue weighted by atomic mass is 32.2. The molecule has 0 spiro atoms. The first-order valence-electron chi connectivity index (χ1n) is 8.93. The van der Waals surface area contributed by atoms with Gasteiger partial charge in [0.25, 0.3) is 5.17 Å². The molecule has 0 bridgehead atoms. The van der Waals surface area contributed by atoms with E-state index in [4.69, 9.17) is 17.0 Å². The van der Waals surface area contributed by atoms with E-state index in [0.717, 1.165) is 12.1 Å². The van der Waals surface area contributed by atoms with Crippen LogP contribution in [-0.2, 0) is 20.2 Å². The van der Waals surface area contributed by atoms with Crippen LogP contribution < -0.4 is 0 Å². The summed E-state index contributed by atoms with van der Waals surface area (Å²) < 4.78 is 32.7. The van der Waals surface area contributed by atoms with E-state index < -0.39 is 10.0 Å². The Bertz CT molecular complexity index is 749. The summed E-state index contributed by atoms with van der Waals surface area (Å²) in [5.74, 6) is 0. The van der Waals surface area contributed by atoms with Crippen molar-refractivity contribution in [3.05, 3.63) is 29.8 Å². The molecule has 2 heterocycles. The minimum Gasteiger partial charge on any atom is -0.469 e. The summed E-state index contributed by atoms with van der Waals surface area (Å²) >= 11 is 5.16. The maximum absolute atomic E-state index is 12.9. The van der Waals surface area contributed by atoms with Crippen molar-refractivity contribution in [2.75, 3.05) is 46.0 Å². The molecular weight excluding hydrogens is 370 g/mol. The van der Waals surface area contributed by atoms with Gasteiger partial charge in [-0.3, -0.25) is 4.90 Å². The van der Waals surface area contributed by atoms with Gasteiger partial charge in [-0.2, -0.15) is 4.31 Å². The molecule has 0 N–H and O–H groups in total. The fourth-order valence-electron chi connectivity index (χ4n) is 3.18. The Kier molecular flexibility index (Phi) is 5.58. The largest absolute Gasteiger partial charge is 0.469 e. The van der Waals surface area contributed by atoms with Crippen molar-refractivity contribution in [1.82, 2.24) is 14.1 Å². The third-order valence-corrected chi connectivity index (χ3v) is 7.19. The van der Waals surface area contributed by atoms with Gasteiger partial charge in [-0.05, 0) is 35.3 Å². The first-order valence-corrected chi connectivity index (χ1v) is 10.8. The Hall–Kier alpha value is -1.22. The molecule has 144 valence electrons. The monoisotopic (exact) mass is 397 g/mol. The summed E-state index contributed by atoms with van der Waals surface area (Å²) in [7, 11) is -3.44. The van der Waals surface area contributed by atoms with Crippen LogP contribution in [0.1, 0.15) is 26.3 Å². The van der Waals surface area contributed by atoms with Gasteiger partial charge in [0.2, 0.25) is 10.0 Å². The zero-order valence-corrected chi connectivity index (χ0v) is 17.3. The molecule has 3 rings (SSSR count). The first-order chi connectivity index (χ1) is 12.2. The molecule has 0 aromatic heterocycles. The van der Waals surface area contributed by atoms with Crippen molar-refractivity contribution in [3.8, 4) is 0 Å². The van der Waals surface area contributed by atoms with Crippen LogP contribution in [0.4, 0.5) is 0 Å². The van der Waals surface area contributed by atoms with Crippen molar-refractivity contribution < 1.29 is 13.2 Å². The highest BCUT2D eigenvalue weighted by Crippen LogP contribution is 2.25. The Balaban J connectivity index is 1.61. The Morgan fingerprint density at radius 3 is 2.15 bits per heavy atom. The molecule has 0 aliphatic carbocycles. The Morgan fingerprint density at radius 1 is 1.04 bits per heavy atom. The van der Waals surface area contributed by atoms with Crippen molar-refractivity contribution >= 4 is 27.4 Å². The van der Waals surface area contributed by atoms with Gasteiger partial charge < -0.3 is 9.64 Å². The van der Waals surface area contributed by atoms with Crippen molar-refractivity contribution in [2.45, 2.75) is 31.1 Å². The maximum atomic E-state index is 12.9. The van der Waals surface area contributed by atoms with Gasteiger partial charge in [0.05, 0.1) is 18.1 Å². The van der Waals surface area contributed by atoms with Crippen molar-refractivity contribution in [3.63, 3.8) is 0 Å². The van der Waals surface area contributed by atoms with Gasteiger partial charge >= 0.3 is 0 Å². The minimum absolute atomic E-state index is 0.00772. The lowest BCUT2D eigenvalue weighted by Gasteiger charge is -2.35. The lowest BCUT2D eigenvalue weighted by atomic mass is 9.87. The predicted octanol–water partition coefficient (Wildman–Crippen LogP) is 1.86. The molecule has 2 aliphatic rings. The number of piperazine rings is 1. The second-order valence-electron chi connectivity index (χ2n) is 7.82. The summed E-state index contributed by atoms with van der Waals surface area (Å²) in [5, 5.41) is 0.541. The highest BCUT2D eigenvalue weighted by molar-refractivity contribution is 7.89. The molecule has 2 saturated heterocycles. The molecule has 0 radical (unpaired) electrons. The fraction of sp³-hybridized carbons (Fsp3) is 0.611. The lowest BCUT2D eigenvalue weighted by molar-refractivity contribution is 0.142. The molecule has 2 aliphatic heterocycles. The van der Waals surface area contributed by atoms with Crippen LogP contribution in [0.15, 0.2) is 29.2 Å². The molecule has 0 saturated carbocycles. The van der Waals surface area contributed by atoms with Gasteiger partial charge in [0.15, 0.2) is 0 Å². The van der Waals surface area contributed by atoms with E-state index in [1.165, 1.54) is 0 Å². The van der Waals surface area contributed by atoms with Crippen LogP contribution in [0.25, 0.3) is 0 Å². The zero-order chi connectivity index (χ0) is 18.9. The SMILES string of the molecule is CC(C)(C)c1ccc(S(=O)(=O)N2CCN(CN3CCOC3=S)CC2)cc1. The fourth-order valence-corrected chi connectivity index (χ4v) is 4.84. The lowest BCUT2D eigenvalue weighted by Crippen LogP contribution is -2.51. The summed E-state index contributed by atoms with van der Waals surface area (Å²) in [6, 6.07) is 7.28. The molecule has 8 heteroatoms. The van der Waals surface area contributed by atoms with Gasteiger partial charge in [-0.1, -0.05) is 32.9 Å². The number of thiocarbonyl (C=S) groups is 1. The van der Waals surface area contributed by atoms with E-state index >= 15 is 0 Å². The number of rotatable bonds is 4. The standard InChI is InChI=1S/C18H27N3O3S2/c1-18(2,3)15-4-6-16(7-5-15)26(22,23)21-10-8-19(9-11-21)14-20-12-13-24-17(20)25/h4-7H,8-14H2,1-3H3. The number of hydrogen-bond donors (Lipinski definition) is 0. The first kappa shape index (κ1) is 19.5. The summed E-state index contributed by atoms with van der Waals surface area (Å²) in [4.78, 5) is 4.61. The Labute approximate surface area is 161 Å². The van der Waals surface area contributed by atoms with E-state index in [1.54, 1.807) is 16.4 Å². The van der Waals surface area contributed by atoms with Crippen LogP contribution in [0, 0.1) is 0 Å².